The van der Waals surface area contributed by atoms with Crippen LogP contribution in [-0.2, 0) is 28.8 Å². The van der Waals surface area contributed by atoms with E-state index in [1.54, 1.807) is 6.26 Å². The summed E-state index contributed by atoms with van der Waals surface area (Å²) in [6.45, 7) is 4.28. The van der Waals surface area contributed by atoms with Crippen molar-refractivity contribution in [1.29, 1.82) is 0 Å². The van der Waals surface area contributed by atoms with Gasteiger partial charge in [-0.15, -0.1) is 11.3 Å². The first kappa shape index (κ1) is 19.7. The average Bonchev–Trinajstić information content (AvgIpc) is 3.27. The molecule has 2 heterocycles. The highest BCUT2D eigenvalue weighted by Gasteiger charge is 2.27. The van der Waals surface area contributed by atoms with Crippen LogP contribution in [0.1, 0.15) is 64.5 Å². The molecule has 0 radical (unpaired) electrons. The summed E-state index contributed by atoms with van der Waals surface area (Å²) in [5.74, 6) is -0.141. The van der Waals surface area contributed by atoms with Crippen LogP contribution in [0.3, 0.4) is 0 Å². The number of methoxy groups -OCH3 is 1. The van der Waals surface area contributed by atoms with E-state index in [0.29, 0.717) is 16.5 Å². The summed E-state index contributed by atoms with van der Waals surface area (Å²) in [6.07, 6.45) is 5.81. The monoisotopic (exact) mass is 411 g/mol. The summed E-state index contributed by atoms with van der Waals surface area (Å²) in [5.41, 5.74) is 4.40. The van der Waals surface area contributed by atoms with Crippen molar-refractivity contribution in [1.82, 2.24) is 0 Å². The number of hydrogen-bond donors (Lipinski definition) is 1. The van der Waals surface area contributed by atoms with E-state index in [2.05, 4.69) is 31.3 Å². The lowest BCUT2D eigenvalue weighted by atomic mass is 9.95. The summed E-state index contributed by atoms with van der Waals surface area (Å²) in [4.78, 5) is 26.4. The third kappa shape index (κ3) is 3.81. The average molecular weight is 412 g/mol. The Morgan fingerprint density at radius 2 is 2.03 bits per heavy atom. The van der Waals surface area contributed by atoms with Gasteiger partial charge in [-0.1, -0.05) is 19.9 Å². The van der Waals surface area contributed by atoms with Gasteiger partial charge < -0.3 is 14.5 Å². The van der Waals surface area contributed by atoms with Crippen LogP contribution in [0.15, 0.2) is 28.9 Å². The van der Waals surface area contributed by atoms with Gasteiger partial charge in [-0.05, 0) is 54.9 Å². The molecule has 152 valence electrons. The number of hydrogen-bond acceptors (Lipinski definition) is 5. The summed E-state index contributed by atoms with van der Waals surface area (Å²) in [6, 6.07) is 6.10. The third-order valence-electron chi connectivity index (χ3n) is 5.51. The standard InChI is InChI=1S/C23H25NO4S/c1-13(2)14-8-9-18-17(10-14)15(12-28-18)11-20(25)24-22-21(23(26)27-3)16-6-4-5-7-19(16)29-22/h8-10,12-13H,4-7,11H2,1-3H3,(H,24,25). The molecule has 3 aromatic rings. The summed E-state index contributed by atoms with van der Waals surface area (Å²) in [5, 5.41) is 4.52. The van der Waals surface area contributed by atoms with Crippen LogP contribution in [0.25, 0.3) is 11.0 Å². The number of ether oxygens (including phenoxy) is 1. The van der Waals surface area contributed by atoms with Crippen LogP contribution >= 0.6 is 11.3 Å². The predicted molar refractivity (Wildman–Crippen MR) is 115 cm³/mol. The molecule has 0 bridgehead atoms. The number of anilines is 1. The van der Waals surface area contributed by atoms with Gasteiger partial charge in [0.1, 0.15) is 10.6 Å². The largest absolute Gasteiger partial charge is 0.465 e. The Kier molecular flexibility index (Phi) is 5.46. The molecule has 2 aromatic heterocycles. The topological polar surface area (TPSA) is 68.5 Å². The molecule has 0 saturated carbocycles. The number of nitrogens with one attached hydrogen (secondary N) is 1. The molecule has 6 heteroatoms. The molecule has 1 N–H and O–H groups in total. The zero-order valence-corrected chi connectivity index (χ0v) is 17.8. The Bertz CT molecular complexity index is 1080. The van der Waals surface area contributed by atoms with Gasteiger partial charge in [-0.25, -0.2) is 4.79 Å². The van der Waals surface area contributed by atoms with Crippen molar-refractivity contribution in [2.24, 2.45) is 0 Å². The van der Waals surface area contributed by atoms with Crippen molar-refractivity contribution in [3.63, 3.8) is 0 Å². The van der Waals surface area contributed by atoms with Gasteiger partial charge in [0, 0.05) is 15.8 Å². The van der Waals surface area contributed by atoms with Crippen molar-refractivity contribution in [3.05, 3.63) is 51.6 Å². The van der Waals surface area contributed by atoms with E-state index in [-0.39, 0.29) is 18.3 Å². The lowest BCUT2D eigenvalue weighted by Gasteiger charge is -2.11. The number of furan rings is 1. The molecule has 1 aromatic carbocycles. The highest BCUT2D eigenvalue weighted by molar-refractivity contribution is 7.17. The summed E-state index contributed by atoms with van der Waals surface area (Å²) in [7, 11) is 1.38. The number of rotatable bonds is 5. The minimum Gasteiger partial charge on any atom is -0.465 e. The number of carbonyl (C=O) groups excluding carboxylic acids is 2. The molecular weight excluding hydrogens is 386 g/mol. The number of fused-ring (bicyclic) bond motifs is 2. The second-order valence-electron chi connectivity index (χ2n) is 7.80. The number of aryl methyl sites for hydroxylation is 1. The zero-order valence-electron chi connectivity index (χ0n) is 17.0. The second kappa shape index (κ2) is 8.03. The molecule has 0 spiro atoms. The third-order valence-corrected chi connectivity index (χ3v) is 6.72. The van der Waals surface area contributed by atoms with E-state index in [9.17, 15) is 9.59 Å². The Balaban J connectivity index is 1.59. The van der Waals surface area contributed by atoms with E-state index in [1.165, 1.54) is 28.9 Å². The van der Waals surface area contributed by atoms with E-state index in [4.69, 9.17) is 9.15 Å². The lowest BCUT2D eigenvalue weighted by Crippen LogP contribution is -2.16. The molecule has 0 atom stereocenters. The van der Waals surface area contributed by atoms with Crippen molar-refractivity contribution >= 4 is 39.2 Å². The number of carbonyl (C=O) groups is 2. The molecule has 0 aliphatic heterocycles. The Morgan fingerprint density at radius 3 is 2.79 bits per heavy atom. The molecule has 0 fully saturated rings. The van der Waals surface area contributed by atoms with Crippen LogP contribution in [0.5, 0.6) is 0 Å². The van der Waals surface area contributed by atoms with Crippen molar-refractivity contribution in [2.45, 2.75) is 51.9 Å². The Labute approximate surface area is 174 Å². The summed E-state index contributed by atoms with van der Waals surface area (Å²) < 4.78 is 10.6. The maximum absolute atomic E-state index is 12.8. The first-order valence-electron chi connectivity index (χ1n) is 10.0. The van der Waals surface area contributed by atoms with Gasteiger partial charge >= 0.3 is 5.97 Å². The Hall–Kier alpha value is -2.60. The van der Waals surface area contributed by atoms with Crippen molar-refractivity contribution in [3.8, 4) is 0 Å². The minimum atomic E-state index is -0.380. The fourth-order valence-electron chi connectivity index (χ4n) is 3.91. The van der Waals surface area contributed by atoms with Crippen molar-refractivity contribution < 1.29 is 18.7 Å². The number of amides is 1. The van der Waals surface area contributed by atoms with Gasteiger partial charge in [0.15, 0.2) is 0 Å². The van der Waals surface area contributed by atoms with Crippen LogP contribution in [0.2, 0.25) is 0 Å². The lowest BCUT2D eigenvalue weighted by molar-refractivity contribution is -0.115. The first-order valence-corrected chi connectivity index (χ1v) is 10.8. The summed E-state index contributed by atoms with van der Waals surface area (Å²) >= 11 is 1.50. The molecule has 1 aliphatic rings. The normalized spacial score (nSPS) is 13.5. The fourth-order valence-corrected chi connectivity index (χ4v) is 5.20. The number of benzene rings is 1. The van der Waals surface area contributed by atoms with E-state index < -0.39 is 0 Å². The maximum Gasteiger partial charge on any atom is 0.341 e. The van der Waals surface area contributed by atoms with Crippen LogP contribution in [-0.4, -0.2) is 19.0 Å². The highest BCUT2D eigenvalue weighted by atomic mass is 32.1. The molecule has 4 rings (SSSR count). The van der Waals surface area contributed by atoms with Crippen LogP contribution in [0.4, 0.5) is 5.00 Å². The molecule has 0 saturated heterocycles. The number of thiophene rings is 1. The minimum absolute atomic E-state index is 0.161. The molecule has 29 heavy (non-hydrogen) atoms. The SMILES string of the molecule is COC(=O)c1c(NC(=O)Cc2coc3ccc(C(C)C)cc23)sc2c1CCCC2. The van der Waals surface area contributed by atoms with Gasteiger partial charge in [-0.2, -0.15) is 0 Å². The van der Waals surface area contributed by atoms with E-state index >= 15 is 0 Å². The quantitative estimate of drug-likeness (QED) is 0.566. The molecule has 5 nitrogen and oxygen atoms in total. The van der Waals surface area contributed by atoms with Crippen LogP contribution < -0.4 is 5.32 Å². The first-order chi connectivity index (χ1) is 14.0. The zero-order chi connectivity index (χ0) is 20.5. The smallest absolute Gasteiger partial charge is 0.341 e. The highest BCUT2D eigenvalue weighted by Crippen LogP contribution is 2.38. The maximum atomic E-state index is 12.8. The predicted octanol–water partition coefficient (Wildman–Crippen LogP) is 5.46. The molecular formula is C23H25NO4S. The van der Waals surface area contributed by atoms with Gasteiger partial charge in [-0.3, -0.25) is 4.79 Å². The van der Waals surface area contributed by atoms with Gasteiger partial charge in [0.05, 0.1) is 25.4 Å². The number of esters is 1. The molecule has 0 unspecified atom stereocenters. The van der Waals surface area contributed by atoms with E-state index in [1.807, 2.05) is 6.07 Å². The Morgan fingerprint density at radius 1 is 1.24 bits per heavy atom. The fraction of sp³-hybridized carbons (Fsp3) is 0.391. The van der Waals surface area contributed by atoms with E-state index in [0.717, 1.165) is 47.8 Å². The molecule has 1 aliphatic carbocycles. The van der Waals surface area contributed by atoms with Crippen molar-refractivity contribution in [2.75, 3.05) is 12.4 Å². The van der Waals surface area contributed by atoms with Gasteiger partial charge in [0.2, 0.25) is 5.91 Å². The second-order valence-corrected chi connectivity index (χ2v) is 8.91. The molecule has 1 amide bonds. The van der Waals surface area contributed by atoms with Gasteiger partial charge in [0.25, 0.3) is 0 Å². The van der Waals surface area contributed by atoms with Crippen LogP contribution in [0, 0.1) is 0 Å².